The molecule has 0 saturated carbocycles. The fourth-order valence-corrected chi connectivity index (χ4v) is 1.52. The molecule has 0 aliphatic carbocycles. The Morgan fingerprint density at radius 2 is 2.26 bits per heavy atom. The standard InChI is InChI=1S/C12H16N2O5/c1-3-9(7-15)13-12(16)8-4-5-11(19-2)10(6-8)14(17)18/h4-6,9,15H,3,7H2,1-2H3,(H,13,16)/t9-/m1/s1. The number of nitro groups is 1. The number of benzene rings is 1. The van der Waals surface area contributed by atoms with E-state index in [0.29, 0.717) is 6.42 Å². The van der Waals surface area contributed by atoms with E-state index in [1.54, 1.807) is 0 Å². The highest BCUT2D eigenvalue weighted by molar-refractivity contribution is 5.95. The number of aliphatic hydroxyl groups excluding tert-OH is 1. The summed E-state index contributed by atoms with van der Waals surface area (Å²) in [6, 6.07) is 3.59. The molecular weight excluding hydrogens is 252 g/mol. The number of aliphatic hydroxyl groups is 1. The smallest absolute Gasteiger partial charge is 0.311 e. The molecule has 2 N–H and O–H groups in total. The number of nitrogens with zero attached hydrogens (tertiary/aromatic N) is 1. The molecule has 0 heterocycles. The predicted molar refractivity (Wildman–Crippen MR) is 68.3 cm³/mol. The first kappa shape index (κ1) is 14.9. The minimum atomic E-state index is -0.612. The van der Waals surface area contributed by atoms with Gasteiger partial charge in [-0.25, -0.2) is 0 Å². The number of amides is 1. The molecule has 7 nitrogen and oxygen atoms in total. The molecule has 0 spiro atoms. The molecule has 19 heavy (non-hydrogen) atoms. The SMILES string of the molecule is CC[C@H](CO)NC(=O)c1ccc(OC)c([N+](=O)[O-])c1. The number of ether oxygens (including phenoxy) is 1. The van der Waals surface area contributed by atoms with Crippen LogP contribution in [-0.4, -0.2) is 35.7 Å². The van der Waals surface area contributed by atoms with Crippen molar-refractivity contribution in [3.05, 3.63) is 33.9 Å². The quantitative estimate of drug-likeness (QED) is 0.594. The summed E-state index contributed by atoms with van der Waals surface area (Å²) in [4.78, 5) is 22.1. The molecule has 7 heteroatoms. The number of rotatable bonds is 6. The number of carbonyl (C=O) groups is 1. The maximum Gasteiger partial charge on any atom is 0.311 e. The van der Waals surface area contributed by atoms with E-state index in [4.69, 9.17) is 9.84 Å². The summed E-state index contributed by atoms with van der Waals surface area (Å²) in [6.45, 7) is 1.64. The summed E-state index contributed by atoms with van der Waals surface area (Å²) in [5.41, 5.74) is -0.119. The van der Waals surface area contributed by atoms with E-state index in [-0.39, 0.29) is 29.6 Å². The molecule has 104 valence electrons. The molecule has 0 unspecified atom stereocenters. The lowest BCUT2D eigenvalue weighted by Gasteiger charge is -2.14. The van der Waals surface area contributed by atoms with Gasteiger partial charge in [-0.05, 0) is 18.6 Å². The average molecular weight is 268 g/mol. The highest BCUT2D eigenvalue weighted by Gasteiger charge is 2.19. The van der Waals surface area contributed by atoms with Gasteiger partial charge in [0.15, 0.2) is 5.75 Å². The summed E-state index contributed by atoms with van der Waals surface area (Å²) < 4.78 is 4.85. The monoisotopic (exact) mass is 268 g/mol. The number of carbonyl (C=O) groups excluding carboxylic acids is 1. The van der Waals surface area contributed by atoms with E-state index in [1.807, 2.05) is 6.92 Å². The molecule has 0 radical (unpaired) electrons. The van der Waals surface area contributed by atoms with Gasteiger partial charge in [0.25, 0.3) is 5.91 Å². The number of nitro benzene ring substituents is 1. The zero-order valence-corrected chi connectivity index (χ0v) is 10.8. The largest absolute Gasteiger partial charge is 0.490 e. The van der Waals surface area contributed by atoms with E-state index in [9.17, 15) is 14.9 Å². The zero-order chi connectivity index (χ0) is 14.4. The molecule has 0 aliphatic heterocycles. The van der Waals surface area contributed by atoms with Crippen LogP contribution in [0.25, 0.3) is 0 Å². The number of hydrogen-bond acceptors (Lipinski definition) is 5. The van der Waals surface area contributed by atoms with Crippen molar-refractivity contribution in [2.24, 2.45) is 0 Å². The molecule has 0 fully saturated rings. The fraction of sp³-hybridized carbons (Fsp3) is 0.417. The van der Waals surface area contributed by atoms with E-state index >= 15 is 0 Å². The van der Waals surface area contributed by atoms with Crippen LogP contribution >= 0.6 is 0 Å². The van der Waals surface area contributed by atoms with Crippen LogP contribution in [0.2, 0.25) is 0 Å². The Kier molecular flexibility index (Phi) is 5.25. The van der Waals surface area contributed by atoms with Crippen LogP contribution in [0.15, 0.2) is 18.2 Å². The Balaban J connectivity index is 2.98. The third-order valence-electron chi connectivity index (χ3n) is 2.69. The Morgan fingerprint density at radius 3 is 2.74 bits per heavy atom. The lowest BCUT2D eigenvalue weighted by Crippen LogP contribution is -2.36. The van der Waals surface area contributed by atoms with Gasteiger partial charge < -0.3 is 15.2 Å². The highest BCUT2D eigenvalue weighted by atomic mass is 16.6. The van der Waals surface area contributed by atoms with Crippen molar-refractivity contribution in [2.45, 2.75) is 19.4 Å². The Bertz CT molecular complexity index is 471. The third kappa shape index (κ3) is 3.65. The van der Waals surface area contributed by atoms with Crippen LogP contribution < -0.4 is 10.1 Å². The van der Waals surface area contributed by atoms with Gasteiger partial charge >= 0.3 is 5.69 Å². The molecule has 1 aromatic rings. The van der Waals surface area contributed by atoms with Gasteiger partial charge in [-0.3, -0.25) is 14.9 Å². The third-order valence-corrected chi connectivity index (χ3v) is 2.69. The summed E-state index contributed by atoms with van der Waals surface area (Å²) >= 11 is 0. The van der Waals surface area contributed by atoms with Crippen molar-refractivity contribution in [1.82, 2.24) is 5.32 Å². The lowest BCUT2D eigenvalue weighted by molar-refractivity contribution is -0.385. The second-order valence-electron chi connectivity index (χ2n) is 3.90. The first-order valence-corrected chi connectivity index (χ1v) is 5.77. The van der Waals surface area contributed by atoms with Crippen LogP contribution in [-0.2, 0) is 0 Å². The molecule has 0 saturated heterocycles. The van der Waals surface area contributed by atoms with Crippen LogP contribution in [0, 0.1) is 10.1 Å². The van der Waals surface area contributed by atoms with Crippen molar-refractivity contribution in [3.8, 4) is 5.75 Å². The fourth-order valence-electron chi connectivity index (χ4n) is 1.52. The summed E-state index contributed by atoms with van der Waals surface area (Å²) in [7, 11) is 1.32. The van der Waals surface area contributed by atoms with Gasteiger partial charge in [0.05, 0.1) is 24.7 Å². The molecule has 0 bridgehead atoms. The number of hydrogen-bond donors (Lipinski definition) is 2. The Labute approximate surface area is 110 Å². The minimum Gasteiger partial charge on any atom is -0.490 e. The average Bonchev–Trinajstić information content (AvgIpc) is 2.43. The topological polar surface area (TPSA) is 102 Å². The molecule has 1 amide bonds. The first-order chi connectivity index (χ1) is 9.03. The van der Waals surface area contributed by atoms with Gasteiger partial charge in [0.1, 0.15) is 0 Å². The van der Waals surface area contributed by atoms with Gasteiger partial charge in [-0.15, -0.1) is 0 Å². The molecule has 1 aromatic carbocycles. The number of methoxy groups -OCH3 is 1. The van der Waals surface area contributed by atoms with Gasteiger partial charge in [-0.2, -0.15) is 0 Å². The van der Waals surface area contributed by atoms with Crippen molar-refractivity contribution in [2.75, 3.05) is 13.7 Å². The van der Waals surface area contributed by atoms with Crippen LogP contribution in [0.1, 0.15) is 23.7 Å². The first-order valence-electron chi connectivity index (χ1n) is 5.77. The van der Waals surface area contributed by atoms with Crippen molar-refractivity contribution in [3.63, 3.8) is 0 Å². The van der Waals surface area contributed by atoms with E-state index < -0.39 is 10.8 Å². The van der Waals surface area contributed by atoms with Crippen molar-refractivity contribution in [1.29, 1.82) is 0 Å². The summed E-state index contributed by atoms with van der Waals surface area (Å²) in [5, 5.41) is 22.4. The van der Waals surface area contributed by atoms with Crippen molar-refractivity contribution < 1.29 is 19.6 Å². The van der Waals surface area contributed by atoms with Gasteiger partial charge in [-0.1, -0.05) is 6.92 Å². The maximum atomic E-state index is 11.9. The highest BCUT2D eigenvalue weighted by Crippen LogP contribution is 2.27. The van der Waals surface area contributed by atoms with E-state index in [0.717, 1.165) is 6.07 Å². The predicted octanol–water partition coefficient (Wildman–Crippen LogP) is 1.10. The molecule has 1 rings (SSSR count). The summed E-state index contributed by atoms with van der Waals surface area (Å²) in [6.07, 6.45) is 0.570. The molecule has 0 aromatic heterocycles. The van der Waals surface area contributed by atoms with Crippen LogP contribution in [0.5, 0.6) is 5.75 Å². The van der Waals surface area contributed by atoms with Crippen LogP contribution in [0.4, 0.5) is 5.69 Å². The van der Waals surface area contributed by atoms with Gasteiger partial charge in [0, 0.05) is 11.6 Å². The Hall–Kier alpha value is -2.15. The minimum absolute atomic E-state index is 0.0933. The Morgan fingerprint density at radius 1 is 1.58 bits per heavy atom. The summed E-state index contributed by atoms with van der Waals surface area (Å²) in [5.74, 6) is -0.373. The van der Waals surface area contributed by atoms with Crippen LogP contribution in [0.3, 0.4) is 0 Å². The lowest BCUT2D eigenvalue weighted by atomic mass is 10.1. The number of nitrogens with one attached hydrogen (secondary N) is 1. The second kappa shape index (κ2) is 6.69. The van der Waals surface area contributed by atoms with E-state index in [1.165, 1.54) is 19.2 Å². The van der Waals surface area contributed by atoms with Crippen molar-refractivity contribution >= 4 is 11.6 Å². The normalized spacial score (nSPS) is 11.7. The molecule has 1 atom stereocenters. The second-order valence-corrected chi connectivity index (χ2v) is 3.90. The molecular formula is C12H16N2O5. The maximum absolute atomic E-state index is 11.9. The van der Waals surface area contributed by atoms with Gasteiger partial charge in [0.2, 0.25) is 0 Å². The zero-order valence-electron chi connectivity index (χ0n) is 10.8. The van der Waals surface area contributed by atoms with E-state index in [2.05, 4.69) is 5.32 Å². The molecule has 0 aliphatic rings.